The lowest BCUT2D eigenvalue weighted by Gasteiger charge is -2.47. The number of piperazine rings is 1. The molecular weight excluding hydrogens is 595 g/mol. The number of epoxide rings is 1. The largest absolute Gasteiger partial charge is 0.482 e. The lowest BCUT2D eigenvalue weighted by molar-refractivity contribution is 0.0541. The lowest BCUT2D eigenvalue weighted by atomic mass is 9.85. The van der Waals surface area contributed by atoms with E-state index in [0.29, 0.717) is 37.8 Å². The molecule has 2 saturated carbocycles. The quantitative estimate of drug-likeness (QED) is 0.348. The van der Waals surface area contributed by atoms with Crippen molar-refractivity contribution in [2.45, 2.75) is 103 Å². The van der Waals surface area contributed by atoms with E-state index in [4.69, 9.17) is 9.72 Å². The lowest BCUT2D eigenvalue weighted by Crippen LogP contribution is -2.52. The van der Waals surface area contributed by atoms with Gasteiger partial charge in [-0.1, -0.05) is 19.8 Å². The van der Waals surface area contributed by atoms with Gasteiger partial charge >= 0.3 is 0 Å². The van der Waals surface area contributed by atoms with Crippen molar-refractivity contribution in [3.63, 3.8) is 0 Å². The van der Waals surface area contributed by atoms with Crippen LogP contribution < -0.4 is 5.32 Å². The molecule has 1 N–H and O–H groups in total. The highest BCUT2D eigenvalue weighted by atomic mass is 32.2. The van der Waals surface area contributed by atoms with Gasteiger partial charge in [0, 0.05) is 89.1 Å². The molecule has 4 heterocycles. The SMILES string of the molecule is CC1CCC(N(/C(Nc2ncc(CN3CCN(S(=O)(=O)N(C)C)CC3)s2)=C2/CO2)C2CCN(C(C)C3CCCC3)CC2)CC1. The first-order valence-electron chi connectivity index (χ1n) is 17.2. The molecule has 248 valence electrons. The summed E-state index contributed by atoms with van der Waals surface area (Å²) in [4.78, 5) is 13.9. The molecule has 0 radical (unpaired) electrons. The van der Waals surface area contributed by atoms with Gasteiger partial charge in [0.1, 0.15) is 6.61 Å². The Balaban J connectivity index is 1.10. The number of hydrogen-bond acceptors (Lipinski definition) is 9. The second-order valence-electron chi connectivity index (χ2n) is 14.2. The second-order valence-corrected chi connectivity index (χ2v) is 17.4. The van der Waals surface area contributed by atoms with Crippen LogP contribution >= 0.6 is 11.3 Å². The number of ether oxygens (including phenoxy) is 1. The van der Waals surface area contributed by atoms with Crippen LogP contribution in [0.25, 0.3) is 0 Å². The van der Waals surface area contributed by atoms with Crippen LogP contribution in [-0.4, -0.2) is 115 Å². The van der Waals surface area contributed by atoms with E-state index < -0.39 is 10.2 Å². The maximum Gasteiger partial charge on any atom is 0.281 e. The van der Waals surface area contributed by atoms with Crippen molar-refractivity contribution in [1.29, 1.82) is 0 Å². The van der Waals surface area contributed by atoms with Crippen molar-refractivity contribution in [3.05, 3.63) is 22.7 Å². The van der Waals surface area contributed by atoms with Gasteiger partial charge in [-0.3, -0.25) is 4.90 Å². The Kier molecular flexibility index (Phi) is 10.4. The molecule has 12 heteroatoms. The molecule has 1 aromatic rings. The summed E-state index contributed by atoms with van der Waals surface area (Å²) in [6.07, 6.45) is 15.1. The summed E-state index contributed by atoms with van der Waals surface area (Å²) in [5, 5.41) is 4.71. The van der Waals surface area contributed by atoms with Crippen molar-refractivity contribution in [2.24, 2.45) is 11.8 Å². The molecule has 3 saturated heterocycles. The third kappa shape index (κ3) is 7.57. The van der Waals surface area contributed by atoms with Crippen LogP contribution in [-0.2, 0) is 21.5 Å². The Morgan fingerprint density at radius 2 is 1.64 bits per heavy atom. The van der Waals surface area contributed by atoms with E-state index >= 15 is 0 Å². The summed E-state index contributed by atoms with van der Waals surface area (Å²) < 4.78 is 33.8. The number of hydrogen-bond donors (Lipinski definition) is 1. The minimum Gasteiger partial charge on any atom is -0.482 e. The van der Waals surface area contributed by atoms with Gasteiger partial charge in [-0.25, -0.2) is 4.98 Å². The van der Waals surface area contributed by atoms with Gasteiger partial charge in [-0.15, -0.1) is 11.3 Å². The van der Waals surface area contributed by atoms with Crippen LogP contribution in [0.1, 0.15) is 82.9 Å². The van der Waals surface area contributed by atoms with Crippen LogP contribution in [0.15, 0.2) is 17.8 Å². The third-order valence-corrected chi connectivity index (χ3v) is 13.9. The van der Waals surface area contributed by atoms with Gasteiger partial charge in [0.25, 0.3) is 10.2 Å². The zero-order chi connectivity index (χ0) is 30.8. The average molecular weight is 650 g/mol. The predicted molar refractivity (Wildman–Crippen MR) is 177 cm³/mol. The number of nitrogens with one attached hydrogen (secondary N) is 1. The molecular formula is C32H55N7O3S2. The standard InChI is InChI=1S/C32H55N7O3S2/c1-24-9-11-27(12-10-24)39(28-13-15-37(16-14-28)25(2)26-7-5-6-8-26)31(30-23-42-30)34-32-33-21-29(43-32)22-36-17-19-38(20-18-36)44(40,41)35(3)4/h21,24-28H,5-20,22-23H2,1-4H3,(H,33,34)/b31-30-. The summed E-state index contributed by atoms with van der Waals surface area (Å²) >= 11 is 1.71. The highest BCUT2D eigenvalue weighted by molar-refractivity contribution is 7.86. The van der Waals surface area contributed by atoms with E-state index in [1.54, 1.807) is 29.7 Å². The number of piperidine rings is 1. The number of nitrogens with zero attached hydrogens (tertiary/aromatic N) is 6. The molecule has 10 nitrogen and oxygen atoms in total. The molecule has 1 atom stereocenters. The van der Waals surface area contributed by atoms with Crippen molar-refractivity contribution in [3.8, 4) is 0 Å². The van der Waals surface area contributed by atoms with Gasteiger partial charge in [0.2, 0.25) is 0 Å². The minimum absolute atomic E-state index is 0.519. The summed E-state index contributed by atoms with van der Waals surface area (Å²) in [5.41, 5.74) is 0. The normalized spacial score (nSPS) is 28.7. The Bertz CT molecular complexity index is 1220. The van der Waals surface area contributed by atoms with Crippen molar-refractivity contribution < 1.29 is 13.2 Å². The molecule has 0 aromatic carbocycles. The van der Waals surface area contributed by atoms with Crippen LogP contribution in [0.5, 0.6) is 0 Å². The number of thiazole rings is 1. The number of aromatic nitrogens is 1. The summed E-state index contributed by atoms with van der Waals surface area (Å²) in [6, 6.07) is 1.77. The molecule has 6 rings (SSSR count). The molecule has 5 fully saturated rings. The zero-order valence-corrected chi connectivity index (χ0v) is 29.0. The molecule has 44 heavy (non-hydrogen) atoms. The van der Waals surface area contributed by atoms with Gasteiger partial charge < -0.3 is 19.9 Å². The van der Waals surface area contributed by atoms with Gasteiger partial charge in [-0.05, 0) is 70.1 Å². The second kappa shape index (κ2) is 14.1. The monoisotopic (exact) mass is 649 g/mol. The summed E-state index contributed by atoms with van der Waals surface area (Å²) in [6.45, 7) is 11.3. The topological polar surface area (TPSA) is 87.8 Å². The fourth-order valence-corrected chi connectivity index (χ4v) is 9.99. The molecule has 0 spiro atoms. The molecule has 3 aliphatic heterocycles. The van der Waals surface area contributed by atoms with Crippen LogP contribution in [0.2, 0.25) is 0 Å². The Labute approximate surface area is 270 Å². The fourth-order valence-electron chi connectivity index (χ4n) is 8.05. The first-order valence-corrected chi connectivity index (χ1v) is 19.4. The minimum atomic E-state index is -3.35. The molecule has 1 aromatic heterocycles. The van der Waals surface area contributed by atoms with E-state index in [0.717, 1.165) is 48.2 Å². The maximum absolute atomic E-state index is 12.5. The zero-order valence-electron chi connectivity index (χ0n) is 27.4. The van der Waals surface area contributed by atoms with Gasteiger partial charge in [0.15, 0.2) is 16.7 Å². The highest BCUT2D eigenvalue weighted by Gasteiger charge is 2.39. The number of rotatable bonds is 11. The van der Waals surface area contributed by atoms with Gasteiger partial charge in [0.05, 0.1) is 0 Å². The smallest absolute Gasteiger partial charge is 0.281 e. The first-order chi connectivity index (χ1) is 21.2. The first kappa shape index (κ1) is 32.5. The average Bonchev–Trinajstić information content (AvgIpc) is 3.53. The van der Waals surface area contributed by atoms with Crippen LogP contribution in [0.4, 0.5) is 5.13 Å². The predicted octanol–water partition coefficient (Wildman–Crippen LogP) is 4.60. The molecule has 0 amide bonds. The third-order valence-electron chi connectivity index (χ3n) is 11.0. The Morgan fingerprint density at radius 3 is 2.25 bits per heavy atom. The molecule has 2 aliphatic carbocycles. The van der Waals surface area contributed by atoms with Crippen molar-refractivity contribution in [2.75, 3.05) is 65.3 Å². The Hall–Kier alpha value is -1.44. The van der Waals surface area contributed by atoms with Gasteiger partial charge in [-0.2, -0.15) is 17.0 Å². The summed E-state index contributed by atoms with van der Waals surface area (Å²) in [7, 11) is -0.158. The van der Waals surface area contributed by atoms with Crippen molar-refractivity contribution in [1.82, 2.24) is 28.3 Å². The van der Waals surface area contributed by atoms with E-state index in [2.05, 4.69) is 33.9 Å². The number of anilines is 1. The fraction of sp³-hybridized carbons (Fsp3) is 0.844. The Morgan fingerprint density at radius 1 is 1.00 bits per heavy atom. The summed E-state index contributed by atoms with van der Waals surface area (Å²) in [5.74, 6) is 3.95. The van der Waals surface area contributed by atoms with E-state index in [1.165, 1.54) is 86.5 Å². The number of likely N-dealkylation sites (tertiary alicyclic amines) is 1. The van der Waals surface area contributed by atoms with Crippen LogP contribution in [0.3, 0.4) is 0 Å². The van der Waals surface area contributed by atoms with E-state index in [9.17, 15) is 8.42 Å². The molecule has 5 aliphatic rings. The maximum atomic E-state index is 12.5. The molecule has 1 unspecified atom stereocenters. The molecule has 0 bridgehead atoms. The van der Waals surface area contributed by atoms with Crippen LogP contribution in [0, 0.1) is 11.8 Å². The van der Waals surface area contributed by atoms with E-state index in [1.807, 2.05) is 6.20 Å². The van der Waals surface area contributed by atoms with Crippen molar-refractivity contribution >= 4 is 26.7 Å². The van der Waals surface area contributed by atoms with E-state index in [-0.39, 0.29) is 0 Å². The highest BCUT2D eigenvalue weighted by Crippen LogP contribution is 2.38.